The molecule has 2 heterocycles. The molecule has 2 aliphatic heterocycles. The Hall–Kier alpha value is -2.71. The molecule has 1 fully saturated rings. The highest BCUT2D eigenvalue weighted by molar-refractivity contribution is 14.1. The molecule has 4 nitrogen and oxygen atoms in total. The van der Waals surface area contributed by atoms with Gasteiger partial charge in [-0.1, -0.05) is 60.7 Å². The minimum atomic E-state index is -0.673. The van der Waals surface area contributed by atoms with Crippen molar-refractivity contribution >= 4 is 28.5 Å². The summed E-state index contributed by atoms with van der Waals surface area (Å²) in [5, 5.41) is 0. The Morgan fingerprint density at radius 2 is 1.67 bits per heavy atom. The molecular formula is C27H23FINO3. The van der Waals surface area contributed by atoms with Crippen molar-refractivity contribution in [3.05, 3.63) is 116 Å². The highest BCUT2D eigenvalue weighted by Crippen LogP contribution is 2.46. The molecule has 2 aromatic carbocycles. The van der Waals surface area contributed by atoms with Gasteiger partial charge >= 0.3 is 0 Å². The monoisotopic (exact) mass is 555 g/mol. The van der Waals surface area contributed by atoms with Gasteiger partial charge in [-0.15, -0.1) is 0 Å². The number of dihydropyridines is 1. The Labute approximate surface area is 206 Å². The number of aliphatic imine (C=N–C) groups is 1. The zero-order valence-corrected chi connectivity index (χ0v) is 20.1. The molecule has 168 valence electrons. The van der Waals surface area contributed by atoms with Gasteiger partial charge in [-0.05, 0) is 52.3 Å². The number of nitrogens with zero attached hydrogens (tertiary/aromatic N) is 1. The molecule has 5 rings (SSSR count). The van der Waals surface area contributed by atoms with E-state index in [0.29, 0.717) is 36.9 Å². The number of ether oxygens (including phenoxy) is 3. The molecule has 0 spiro atoms. The molecule has 0 saturated carbocycles. The predicted molar refractivity (Wildman–Crippen MR) is 134 cm³/mol. The largest absolute Gasteiger partial charge is 0.496 e. The van der Waals surface area contributed by atoms with E-state index in [1.807, 2.05) is 66.7 Å². The number of halogens is 2. The van der Waals surface area contributed by atoms with Crippen LogP contribution in [0.3, 0.4) is 0 Å². The first-order valence-electron chi connectivity index (χ1n) is 10.9. The maximum Gasteiger partial charge on any atom is 0.211 e. The summed E-state index contributed by atoms with van der Waals surface area (Å²) in [6.45, 7) is 1.34. The van der Waals surface area contributed by atoms with Crippen molar-refractivity contribution in [1.29, 1.82) is 0 Å². The molecule has 33 heavy (non-hydrogen) atoms. The van der Waals surface area contributed by atoms with Crippen molar-refractivity contribution in [3.8, 4) is 0 Å². The van der Waals surface area contributed by atoms with Crippen molar-refractivity contribution in [2.24, 2.45) is 10.9 Å². The zero-order valence-electron chi connectivity index (χ0n) is 17.9. The first-order chi connectivity index (χ1) is 16.2. The van der Waals surface area contributed by atoms with Crippen LogP contribution in [0.25, 0.3) is 0 Å². The van der Waals surface area contributed by atoms with Gasteiger partial charge in [-0.25, -0.2) is 9.38 Å². The molecule has 0 bridgehead atoms. The number of fused-ring (bicyclic) bond motifs is 1. The lowest BCUT2D eigenvalue weighted by Gasteiger charge is -2.27. The molecule has 3 aliphatic rings. The highest BCUT2D eigenvalue weighted by atomic mass is 127. The van der Waals surface area contributed by atoms with E-state index in [1.54, 1.807) is 6.08 Å². The quantitative estimate of drug-likeness (QED) is 0.393. The molecule has 0 aromatic heterocycles. The molecule has 0 amide bonds. The highest BCUT2D eigenvalue weighted by Gasteiger charge is 2.37. The summed E-state index contributed by atoms with van der Waals surface area (Å²) in [6, 6.07) is 19.8. The van der Waals surface area contributed by atoms with Gasteiger partial charge in [-0.2, -0.15) is 0 Å². The second kappa shape index (κ2) is 10.1. The third-order valence-electron chi connectivity index (χ3n) is 5.78. The zero-order chi connectivity index (χ0) is 22.6. The number of hydrogen-bond acceptors (Lipinski definition) is 4. The fourth-order valence-electron chi connectivity index (χ4n) is 4.18. The van der Waals surface area contributed by atoms with Crippen molar-refractivity contribution in [1.82, 2.24) is 0 Å². The second-order valence-corrected chi connectivity index (χ2v) is 9.15. The Bertz CT molecular complexity index is 1170. The van der Waals surface area contributed by atoms with Gasteiger partial charge in [0.15, 0.2) is 6.23 Å². The van der Waals surface area contributed by atoms with Crippen LogP contribution in [0.1, 0.15) is 17.5 Å². The molecule has 1 aliphatic carbocycles. The minimum absolute atomic E-state index is 0.119. The van der Waals surface area contributed by atoms with Crippen LogP contribution in [0.4, 0.5) is 4.39 Å². The van der Waals surface area contributed by atoms with Gasteiger partial charge in [0.05, 0.1) is 16.8 Å². The van der Waals surface area contributed by atoms with Crippen molar-refractivity contribution in [3.63, 3.8) is 0 Å². The molecule has 2 unspecified atom stereocenters. The molecule has 0 N–H and O–H groups in total. The van der Waals surface area contributed by atoms with Crippen LogP contribution in [0, 0.1) is 5.92 Å². The van der Waals surface area contributed by atoms with Crippen LogP contribution in [0.5, 0.6) is 0 Å². The van der Waals surface area contributed by atoms with Crippen molar-refractivity contribution < 1.29 is 18.6 Å². The minimum Gasteiger partial charge on any atom is -0.496 e. The van der Waals surface area contributed by atoms with Gasteiger partial charge in [0.1, 0.15) is 18.2 Å². The molecule has 2 aromatic rings. The number of allylic oxidation sites excluding steroid dienone is 4. The van der Waals surface area contributed by atoms with E-state index in [-0.39, 0.29) is 11.7 Å². The van der Waals surface area contributed by atoms with E-state index in [0.717, 1.165) is 26.9 Å². The van der Waals surface area contributed by atoms with Gasteiger partial charge in [-0.3, -0.25) is 0 Å². The Morgan fingerprint density at radius 1 is 0.970 bits per heavy atom. The summed E-state index contributed by atoms with van der Waals surface area (Å²) in [4.78, 5) is 4.71. The standard InChI is InChI=1S/C27H23FINO3/c28-22-15-23(29)26-20(13-14-31-26)25(22)21-11-12-24(32-16-18-7-3-1-4-8-18)30-27(21)33-17-19-9-5-2-6-10-19/h1-12,15,20,27H,13-14,16-17H2. The normalized spacial score (nSPS) is 24.2. The van der Waals surface area contributed by atoms with Gasteiger partial charge in [0.2, 0.25) is 5.90 Å². The summed E-state index contributed by atoms with van der Waals surface area (Å²) in [5.41, 5.74) is 3.39. The van der Waals surface area contributed by atoms with Crippen molar-refractivity contribution in [2.75, 3.05) is 6.61 Å². The van der Waals surface area contributed by atoms with Crippen LogP contribution in [0.15, 0.2) is 110 Å². The maximum atomic E-state index is 15.3. The summed E-state index contributed by atoms with van der Waals surface area (Å²) < 4.78 is 34.0. The van der Waals surface area contributed by atoms with E-state index in [1.165, 1.54) is 6.08 Å². The third-order valence-corrected chi connectivity index (χ3v) is 6.63. The molecule has 0 radical (unpaired) electrons. The Morgan fingerprint density at radius 3 is 2.39 bits per heavy atom. The first kappa shape index (κ1) is 22.1. The van der Waals surface area contributed by atoms with E-state index < -0.39 is 6.23 Å². The van der Waals surface area contributed by atoms with Crippen LogP contribution in [-0.2, 0) is 27.4 Å². The lowest BCUT2D eigenvalue weighted by molar-refractivity contribution is 0.0685. The summed E-state index contributed by atoms with van der Waals surface area (Å²) in [7, 11) is 0. The average molecular weight is 555 g/mol. The molecule has 1 saturated heterocycles. The lowest BCUT2D eigenvalue weighted by atomic mass is 9.86. The fraction of sp³-hybridized carbons (Fsp3) is 0.222. The number of rotatable bonds is 5. The molecule has 2 atom stereocenters. The van der Waals surface area contributed by atoms with Crippen molar-refractivity contribution in [2.45, 2.75) is 25.9 Å². The summed E-state index contributed by atoms with van der Waals surface area (Å²) in [6.07, 6.45) is 5.27. The topological polar surface area (TPSA) is 40.0 Å². The molecular weight excluding hydrogens is 532 g/mol. The van der Waals surface area contributed by atoms with Gasteiger partial charge in [0.25, 0.3) is 0 Å². The average Bonchev–Trinajstić information content (AvgIpc) is 3.34. The molecule has 6 heteroatoms. The Kier molecular flexibility index (Phi) is 6.73. The van der Waals surface area contributed by atoms with Crippen LogP contribution in [-0.4, -0.2) is 18.7 Å². The fourth-order valence-corrected chi connectivity index (χ4v) is 4.99. The van der Waals surface area contributed by atoms with E-state index in [9.17, 15) is 0 Å². The van der Waals surface area contributed by atoms with Crippen LogP contribution < -0.4 is 0 Å². The maximum absolute atomic E-state index is 15.3. The van der Waals surface area contributed by atoms with Gasteiger partial charge in [0, 0.05) is 23.1 Å². The smallest absolute Gasteiger partial charge is 0.211 e. The predicted octanol–water partition coefficient (Wildman–Crippen LogP) is 6.56. The van der Waals surface area contributed by atoms with E-state index >= 15 is 4.39 Å². The van der Waals surface area contributed by atoms with Gasteiger partial charge < -0.3 is 14.2 Å². The van der Waals surface area contributed by atoms with Crippen LogP contribution >= 0.6 is 22.6 Å². The number of hydrogen-bond donors (Lipinski definition) is 0. The third kappa shape index (κ3) is 4.96. The lowest BCUT2D eigenvalue weighted by Crippen LogP contribution is -2.23. The summed E-state index contributed by atoms with van der Waals surface area (Å²) in [5.74, 6) is 0.932. The first-order valence-corrected chi connectivity index (χ1v) is 12.0. The second-order valence-electron chi connectivity index (χ2n) is 7.99. The SMILES string of the molecule is FC1=CC(I)=C2OCCC2C1=C1C=CC(OCc2ccccc2)=NC1OCc1ccccc1. The number of benzene rings is 2. The summed E-state index contributed by atoms with van der Waals surface area (Å²) >= 11 is 2.14. The van der Waals surface area contributed by atoms with Crippen LogP contribution in [0.2, 0.25) is 0 Å². The van der Waals surface area contributed by atoms with E-state index in [4.69, 9.17) is 19.2 Å². The van der Waals surface area contributed by atoms with E-state index in [2.05, 4.69) is 22.6 Å². The Balaban J connectivity index is 1.44.